The van der Waals surface area contributed by atoms with Crippen LogP contribution in [0.3, 0.4) is 0 Å². The molecule has 0 heterocycles. The second-order valence-electron chi connectivity index (χ2n) is 3.23. The number of carbonyl (C=O) groups is 1. The van der Waals surface area contributed by atoms with Crippen molar-refractivity contribution < 1.29 is 9.53 Å². The third kappa shape index (κ3) is 3.25. The molecular weight excluding hydrogens is 192 g/mol. The Morgan fingerprint density at radius 3 is 2.87 bits per heavy atom. The van der Waals surface area contributed by atoms with Crippen LogP contribution in [-0.4, -0.2) is 19.6 Å². The van der Waals surface area contributed by atoms with E-state index in [4.69, 9.17) is 5.84 Å². The fourth-order valence-corrected chi connectivity index (χ4v) is 1.25. The maximum atomic E-state index is 11.0. The van der Waals surface area contributed by atoms with Crippen molar-refractivity contribution in [2.75, 3.05) is 18.7 Å². The third-order valence-corrected chi connectivity index (χ3v) is 2.18. The fraction of sp³-hybridized carbons (Fsp3) is 0.364. The molecule has 1 aromatic carbocycles. The summed E-state index contributed by atoms with van der Waals surface area (Å²) in [6.45, 7) is 2.13. The zero-order valence-electron chi connectivity index (χ0n) is 9.06. The minimum atomic E-state index is -0.348. The minimum Gasteiger partial charge on any atom is -0.468 e. The van der Waals surface area contributed by atoms with Crippen molar-refractivity contribution in [3.63, 3.8) is 0 Å². The quantitative estimate of drug-likeness (QED) is 0.457. The van der Waals surface area contributed by atoms with Gasteiger partial charge in [0.05, 0.1) is 12.8 Å². The van der Waals surface area contributed by atoms with E-state index < -0.39 is 0 Å². The molecule has 0 aliphatic heterocycles. The molecule has 0 aromatic heterocycles. The van der Waals surface area contributed by atoms with Gasteiger partial charge in [0.2, 0.25) is 0 Å². The fourth-order valence-electron chi connectivity index (χ4n) is 1.25. The van der Waals surface area contributed by atoms with Gasteiger partial charge in [0, 0.05) is 0 Å². The Labute approximate surface area is 89.6 Å². The van der Waals surface area contributed by atoms with Crippen LogP contribution in [0.5, 0.6) is 0 Å². The first kappa shape index (κ1) is 11.5. The van der Waals surface area contributed by atoms with Crippen LogP contribution in [0, 0.1) is 0 Å². The van der Waals surface area contributed by atoms with Crippen LogP contribution < -0.4 is 10.9 Å². The molecular formula is C11H16N2O2. The number of nitrogens with two attached hydrogens (primary N) is 1. The highest BCUT2D eigenvalue weighted by molar-refractivity contribution is 5.75. The summed E-state index contributed by atoms with van der Waals surface area (Å²) in [6, 6.07) is 7.77. The topological polar surface area (TPSA) is 55.6 Å². The molecule has 0 saturated carbocycles. The van der Waals surface area contributed by atoms with Crippen LogP contribution in [0.25, 0.3) is 0 Å². The molecule has 0 unspecified atom stereocenters. The number of methoxy groups -OCH3 is 1. The van der Waals surface area contributed by atoms with Gasteiger partial charge in [-0.15, -0.1) is 0 Å². The van der Waals surface area contributed by atoms with E-state index in [2.05, 4.69) is 11.7 Å². The number of rotatable bonds is 4. The molecule has 0 spiro atoms. The standard InChI is InChI=1S/C11H16N2O2/c1-3-9-5-4-6-10(7-9)13(12)8-11(14)15-2/h4-7H,3,8,12H2,1-2H3. The molecule has 15 heavy (non-hydrogen) atoms. The monoisotopic (exact) mass is 208 g/mol. The molecule has 0 saturated heterocycles. The first-order valence-electron chi connectivity index (χ1n) is 4.85. The van der Waals surface area contributed by atoms with Gasteiger partial charge in [0.25, 0.3) is 0 Å². The van der Waals surface area contributed by atoms with Crippen molar-refractivity contribution in [3.05, 3.63) is 29.8 Å². The summed E-state index contributed by atoms with van der Waals surface area (Å²) < 4.78 is 4.54. The molecule has 4 nitrogen and oxygen atoms in total. The maximum absolute atomic E-state index is 11.0. The average Bonchev–Trinajstić information content (AvgIpc) is 2.28. The predicted octanol–water partition coefficient (Wildman–Crippen LogP) is 1.10. The third-order valence-electron chi connectivity index (χ3n) is 2.18. The van der Waals surface area contributed by atoms with E-state index in [1.807, 2.05) is 24.3 Å². The highest BCUT2D eigenvalue weighted by Gasteiger charge is 2.07. The molecule has 0 aliphatic rings. The molecule has 0 atom stereocenters. The molecule has 0 radical (unpaired) electrons. The van der Waals surface area contributed by atoms with Crippen molar-refractivity contribution in [2.24, 2.45) is 5.84 Å². The number of carbonyl (C=O) groups excluding carboxylic acids is 1. The van der Waals surface area contributed by atoms with Gasteiger partial charge < -0.3 is 4.74 Å². The van der Waals surface area contributed by atoms with Crippen LogP contribution >= 0.6 is 0 Å². The lowest BCUT2D eigenvalue weighted by molar-refractivity contribution is -0.138. The maximum Gasteiger partial charge on any atom is 0.326 e. The molecule has 4 heteroatoms. The van der Waals surface area contributed by atoms with Gasteiger partial charge in [-0.05, 0) is 24.1 Å². The highest BCUT2D eigenvalue weighted by atomic mass is 16.5. The second kappa shape index (κ2) is 5.36. The van der Waals surface area contributed by atoms with E-state index in [0.717, 1.165) is 12.1 Å². The summed E-state index contributed by atoms with van der Waals surface area (Å²) in [6.07, 6.45) is 0.944. The summed E-state index contributed by atoms with van der Waals surface area (Å²) in [5.41, 5.74) is 2.01. The van der Waals surface area contributed by atoms with E-state index in [-0.39, 0.29) is 12.5 Å². The van der Waals surface area contributed by atoms with Crippen LogP contribution in [0.1, 0.15) is 12.5 Å². The van der Waals surface area contributed by atoms with Crippen molar-refractivity contribution in [1.29, 1.82) is 0 Å². The van der Waals surface area contributed by atoms with Gasteiger partial charge >= 0.3 is 5.97 Å². The number of ether oxygens (including phenoxy) is 1. The van der Waals surface area contributed by atoms with Crippen LogP contribution in [-0.2, 0) is 16.0 Å². The molecule has 0 amide bonds. The number of hydrogen-bond acceptors (Lipinski definition) is 4. The second-order valence-corrected chi connectivity index (χ2v) is 3.23. The van der Waals surface area contributed by atoms with Crippen LogP contribution in [0.2, 0.25) is 0 Å². The van der Waals surface area contributed by atoms with E-state index in [1.165, 1.54) is 17.7 Å². The van der Waals surface area contributed by atoms with E-state index >= 15 is 0 Å². The number of esters is 1. The van der Waals surface area contributed by atoms with Gasteiger partial charge in [0.1, 0.15) is 6.54 Å². The van der Waals surface area contributed by atoms with E-state index in [0.29, 0.717) is 0 Å². The Bertz CT molecular complexity index is 339. The zero-order valence-corrected chi connectivity index (χ0v) is 9.06. The van der Waals surface area contributed by atoms with Gasteiger partial charge in [-0.25, -0.2) is 5.84 Å². The molecule has 82 valence electrons. The first-order chi connectivity index (χ1) is 7.17. The van der Waals surface area contributed by atoms with E-state index in [1.54, 1.807) is 0 Å². The normalized spacial score (nSPS) is 9.80. The number of benzene rings is 1. The SMILES string of the molecule is CCc1cccc(N(N)CC(=O)OC)c1. The molecule has 0 bridgehead atoms. The highest BCUT2D eigenvalue weighted by Crippen LogP contribution is 2.13. The van der Waals surface area contributed by atoms with Gasteiger partial charge in [-0.3, -0.25) is 9.80 Å². The van der Waals surface area contributed by atoms with E-state index in [9.17, 15) is 4.79 Å². The lowest BCUT2D eigenvalue weighted by Gasteiger charge is -2.17. The summed E-state index contributed by atoms with van der Waals surface area (Å²) >= 11 is 0. The Kier molecular flexibility index (Phi) is 4.12. The molecule has 1 rings (SSSR count). The van der Waals surface area contributed by atoms with Crippen LogP contribution in [0.15, 0.2) is 24.3 Å². The Morgan fingerprint density at radius 1 is 1.53 bits per heavy atom. The lowest BCUT2D eigenvalue weighted by atomic mass is 10.1. The predicted molar refractivity (Wildman–Crippen MR) is 59.4 cm³/mol. The minimum absolute atomic E-state index is 0.0592. The Hall–Kier alpha value is -1.55. The summed E-state index contributed by atoms with van der Waals surface area (Å²) in [5, 5.41) is 1.38. The smallest absolute Gasteiger partial charge is 0.326 e. The number of hydrazine groups is 1. The van der Waals surface area contributed by atoms with Crippen molar-refractivity contribution in [1.82, 2.24) is 0 Å². The molecule has 2 N–H and O–H groups in total. The van der Waals surface area contributed by atoms with Gasteiger partial charge in [0.15, 0.2) is 0 Å². The van der Waals surface area contributed by atoms with Crippen molar-refractivity contribution in [3.8, 4) is 0 Å². The number of anilines is 1. The van der Waals surface area contributed by atoms with Gasteiger partial charge in [-0.2, -0.15) is 0 Å². The Morgan fingerprint density at radius 2 is 2.27 bits per heavy atom. The summed E-state index contributed by atoms with van der Waals surface area (Å²) in [4.78, 5) is 11.0. The van der Waals surface area contributed by atoms with Crippen molar-refractivity contribution in [2.45, 2.75) is 13.3 Å². The van der Waals surface area contributed by atoms with Gasteiger partial charge in [-0.1, -0.05) is 19.1 Å². The van der Waals surface area contributed by atoms with Crippen molar-refractivity contribution >= 4 is 11.7 Å². The first-order valence-corrected chi connectivity index (χ1v) is 4.85. The number of nitrogens with zero attached hydrogens (tertiary/aromatic N) is 1. The lowest BCUT2D eigenvalue weighted by Crippen LogP contribution is -2.36. The largest absolute Gasteiger partial charge is 0.468 e. The Balaban J connectivity index is 2.72. The molecule has 0 aliphatic carbocycles. The number of hydrogen-bond donors (Lipinski definition) is 1. The summed E-state index contributed by atoms with van der Waals surface area (Å²) in [7, 11) is 1.35. The zero-order chi connectivity index (χ0) is 11.3. The molecule has 0 fully saturated rings. The average molecular weight is 208 g/mol. The summed E-state index contributed by atoms with van der Waals surface area (Å²) in [5.74, 6) is 5.38. The number of aryl methyl sites for hydroxylation is 1. The molecule has 1 aromatic rings. The van der Waals surface area contributed by atoms with Crippen LogP contribution in [0.4, 0.5) is 5.69 Å².